The minimum Gasteiger partial charge on any atom is -0.377 e. The summed E-state index contributed by atoms with van der Waals surface area (Å²) in [5, 5.41) is 2.95. The lowest BCUT2D eigenvalue weighted by atomic mass is 9.47. The molecule has 0 bridgehead atoms. The van der Waals surface area contributed by atoms with Gasteiger partial charge in [0, 0.05) is 0 Å². The van der Waals surface area contributed by atoms with Gasteiger partial charge in [-0.2, -0.15) is 0 Å². The van der Waals surface area contributed by atoms with Crippen LogP contribution in [0, 0.1) is 46.3 Å². The zero-order valence-electron chi connectivity index (χ0n) is 27.0. The average molecular weight is 562 g/mol. The maximum atomic E-state index is 6.32. The first-order valence-corrected chi connectivity index (χ1v) is 17.0. The SMILES string of the molecule is CNCOCCOCCOCCOC1CCC2(C)C(=CCC3C2CCC2(C)C(C(C)CCCC(C)C)CCC32)C1. The molecule has 0 aromatic carbocycles. The second-order valence-electron chi connectivity index (χ2n) is 14.7. The summed E-state index contributed by atoms with van der Waals surface area (Å²) in [6, 6.07) is 0. The number of rotatable bonds is 17. The third-order valence-electron chi connectivity index (χ3n) is 11.8. The van der Waals surface area contributed by atoms with Crippen molar-refractivity contribution in [3.63, 3.8) is 0 Å². The molecular formula is C35H63NO4. The molecule has 4 aliphatic carbocycles. The lowest BCUT2D eigenvalue weighted by molar-refractivity contribution is -0.0691. The van der Waals surface area contributed by atoms with Gasteiger partial charge in [0.2, 0.25) is 0 Å². The number of hydrogen-bond donors (Lipinski definition) is 1. The van der Waals surface area contributed by atoms with Crippen molar-refractivity contribution in [2.75, 3.05) is 53.4 Å². The van der Waals surface area contributed by atoms with Gasteiger partial charge in [-0.25, -0.2) is 0 Å². The zero-order valence-corrected chi connectivity index (χ0v) is 27.0. The van der Waals surface area contributed by atoms with Crippen LogP contribution in [0.25, 0.3) is 0 Å². The van der Waals surface area contributed by atoms with Crippen LogP contribution in [-0.4, -0.2) is 59.5 Å². The van der Waals surface area contributed by atoms with Crippen molar-refractivity contribution < 1.29 is 18.9 Å². The molecule has 0 spiro atoms. The van der Waals surface area contributed by atoms with Crippen LogP contribution in [0.2, 0.25) is 0 Å². The molecule has 5 heteroatoms. The van der Waals surface area contributed by atoms with Crippen molar-refractivity contribution in [2.45, 2.75) is 111 Å². The molecule has 40 heavy (non-hydrogen) atoms. The highest BCUT2D eigenvalue weighted by molar-refractivity contribution is 5.25. The van der Waals surface area contributed by atoms with Crippen LogP contribution in [0.3, 0.4) is 0 Å². The summed E-state index contributed by atoms with van der Waals surface area (Å²) in [7, 11) is 1.87. The monoisotopic (exact) mass is 561 g/mol. The van der Waals surface area contributed by atoms with Crippen LogP contribution < -0.4 is 5.32 Å². The number of nitrogens with one attached hydrogen (secondary N) is 1. The van der Waals surface area contributed by atoms with Crippen LogP contribution in [0.5, 0.6) is 0 Å². The van der Waals surface area contributed by atoms with Crippen LogP contribution in [0.1, 0.15) is 105 Å². The van der Waals surface area contributed by atoms with Gasteiger partial charge < -0.3 is 18.9 Å². The maximum Gasteiger partial charge on any atom is 0.0963 e. The number of hydrogen-bond acceptors (Lipinski definition) is 5. The van der Waals surface area contributed by atoms with Crippen molar-refractivity contribution in [1.29, 1.82) is 0 Å². The first-order valence-electron chi connectivity index (χ1n) is 17.0. The fourth-order valence-electron chi connectivity index (χ4n) is 9.68. The largest absolute Gasteiger partial charge is 0.377 e. The Kier molecular flexibility index (Phi) is 12.4. The molecule has 0 aliphatic heterocycles. The van der Waals surface area contributed by atoms with Crippen molar-refractivity contribution in [1.82, 2.24) is 5.32 Å². The van der Waals surface area contributed by atoms with Crippen LogP contribution >= 0.6 is 0 Å². The van der Waals surface area contributed by atoms with E-state index in [2.05, 4.69) is 46.0 Å². The Hall–Kier alpha value is -0.460. The predicted molar refractivity (Wildman–Crippen MR) is 164 cm³/mol. The Balaban J connectivity index is 1.21. The van der Waals surface area contributed by atoms with Gasteiger partial charge in [0.05, 0.1) is 52.5 Å². The van der Waals surface area contributed by atoms with E-state index >= 15 is 0 Å². The second kappa shape index (κ2) is 15.3. The summed E-state index contributed by atoms with van der Waals surface area (Å²) in [4.78, 5) is 0. The molecule has 232 valence electrons. The summed E-state index contributed by atoms with van der Waals surface area (Å²) in [6.07, 6.45) is 18.1. The summed E-state index contributed by atoms with van der Waals surface area (Å²) in [5.41, 5.74) is 2.70. The summed E-state index contributed by atoms with van der Waals surface area (Å²) >= 11 is 0. The van der Waals surface area contributed by atoms with E-state index in [1.54, 1.807) is 5.57 Å². The van der Waals surface area contributed by atoms with E-state index in [4.69, 9.17) is 18.9 Å². The van der Waals surface area contributed by atoms with Crippen LogP contribution in [-0.2, 0) is 18.9 Å². The molecule has 4 aliphatic rings. The fraction of sp³-hybridized carbons (Fsp3) is 0.943. The quantitative estimate of drug-likeness (QED) is 0.112. The van der Waals surface area contributed by atoms with E-state index in [1.165, 1.54) is 64.2 Å². The Morgan fingerprint density at radius 1 is 0.850 bits per heavy atom. The van der Waals surface area contributed by atoms with Gasteiger partial charge in [-0.3, -0.25) is 5.32 Å². The Morgan fingerprint density at radius 3 is 2.30 bits per heavy atom. The number of allylic oxidation sites excluding steroid dienone is 1. The van der Waals surface area contributed by atoms with E-state index in [0.29, 0.717) is 63.3 Å². The van der Waals surface area contributed by atoms with E-state index in [9.17, 15) is 0 Å². The second-order valence-corrected chi connectivity index (χ2v) is 14.7. The van der Waals surface area contributed by atoms with Crippen molar-refractivity contribution in [3.05, 3.63) is 11.6 Å². The standard InChI is InChI=1S/C35H63NO4/c1-26(2)8-7-9-27(3)31-12-13-32-30-11-10-28-24-29(14-16-34(28,4)33(30)15-17-35(31,32)5)40-23-22-38-19-18-37-20-21-39-25-36-6/h10,26-27,29-33,36H,7-9,11-25H2,1-6H3. The molecule has 0 radical (unpaired) electrons. The van der Waals surface area contributed by atoms with Gasteiger partial charge in [-0.05, 0) is 105 Å². The molecule has 0 saturated heterocycles. The van der Waals surface area contributed by atoms with E-state index < -0.39 is 0 Å². The van der Waals surface area contributed by atoms with E-state index in [-0.39, 0.29) is 0 Å². The lowest BCUT2D eigenvalue weighted by Crippen LogP contribution is -2.51. The molecule has 8 atom stereocenters. The molecule has 4 rings (SSSR count). The number of ether oxygens (including phenoxy) is 4. The summed E-state index contributed by atoms with van der Waals surface area (Å²) in [5.74, 6) is 5.41. The molecular weight excluding hydrogens is 498 g/mol. The van der Waals surface area contributed by atoms with Gasteiger partial charge in [-0.1, -0.05) is 65.5 Å². The van der Waals surface area contributed by atoms with Crippen molar-refractivity contribution >= 4 is 0 Å². The smallest absolute Gasteiger partial charge is 0.0963 e. The molecule has 0 heterocycles. The summed E-state index contributed by atoms with van der Waals surface area (Å²) < 4.78 is 22.9. The molecule has 3 fully saturated rings. The first-order chi connectivity index (χ1) is 19.3. The molecule has 1 N–H and O–H groups in total. The minimum atomic E-state index is 0.358. The normalized spacial score (nSPS) is 36.2. The van der Waals surface area contributed by atoms with Gasteiger partial charge in [0.1, 0.15) is 0 Å². The topological polar surface area (TPSA) is 49.0 Å². The fourth-order valence-corrected chi connectivity index (χ4v) is 9.68. The lowest BCUT2D eigenvalue weighted by Gasteiger charge is -2.58. The molecule has 3 saturated carbocycles. The van der Waals surface area contributed by atoms with Crippen molar-refractivity contribution in [2.24, 2.45) is 46.3 Å². The zero-order chi connectivity index (χ0) is 28.6. The molecule has 0 aromatic heterocycles. The average Bonchev–Trinajstić information content (AvgIpc) is 3.29. The highest BCUT2D eigenvalue weighted by Gasteiger charge is 2.59. The van der Waals surface area contributed by atoms with Gasteiger partial charge in [0.15, 0.2) is 0 Å². The number of fused-ring (bicyclic) bond motifs is 5. The highest BCUT2D eigenvalue weighted by Crippen LogP contribution is 2.67. The van der Waals surface area contributed by atoms with E-state index in [1.807, 2.05) is 7.05 Å². The van der Waals surface area contributed by atoms with Crippen LogP contribution in [0.15, 0.2) is 11.6 Å². The van der Waals surface area contributed by atoms with Crippen molar-refractivity contribution in [3.8, 4) is 0 Å². The van der Waals surface area contributed by atoms with Crippen LogP contribution in [0.4, 0.5) is 0 Å². The predicted octanol–water partition coefficient (Wildman–Crippen LogP) is 7.64. The first kappa shape index (κ1) is 32.5. The molecule has 5 nitrogen and oxygen atoms in total. The molecule has 0 amide bonds. The van der Waals surface area contributed by atoms with Gasteiger partial charge >= 0.3 is 0 Å². The highest BCUT2D eigenvalue weighted by atomic mass is 16.6. The van der Waals surface area contributed by atoms with Gasteiger partial charge in [-0.15, -0.1) is 0 Å². The Labute approximate surface area is 246 Å². The summed E-state index contributed by atoms with van der Waals surface area (Å²) in [6.45, 7) is 17.0. The van der Waals surface area contributed by atoms with Gasteiger partial charge in [0.25, 0.3) is 0 Å². The third-order valence-corrected chi connectivity index (χ3v) is 11.8. The minimum absolute atomic E-state index is 0.358. The molecule has 8 unspecified atom stereocenters. The maximum absolute atomic E-state index is 6.32. The Morgan fingerprint density at radius 2 is 1.57 bits per heavy atom. The van der Waals surface area contributed by atoms with E-state index in [0.717, 1.165) is 41.9 Å². The molecule has 0 aromatic rings. The Bertz CT molecular complexity index is 785. The third kappa shape index (κ3) is 7.73.